The monoisotopic (exact) mass is 334 g/mol. The van der Waals surface area contributed by atoms with E-state index >= 15 is 0 Å². The van der Waals surface area contributed by atoms with Crippen LogP contribution in [0, 0.1) is 0 Å². The molecule has 0 aliphatic rings. The van der Waals surface area contributed by atoms with Crippen LogP contribution in [0.3, 0.4) is 0 Å². The quantitative estimate of drug-likeness (QED) is 0.554. The van der Waals surface area contributed by atoms with Crippen molar-refractivity contribution in [2.75, 3.05) is 0 Å². The van der Waals surface area contributed by atoms with E-state index in [9.17, 15) is 0 Å². The molecule has 0 bridgehead atoms. The maximum absolute atomic E-state index is 6.17. The van der Waals surface area contributed by atoms with Crippen LogP contribution in [0.25, 0.3) is 11.1 Å². The summed E-state index contributed by atoms with van der Waals surface area (Å²) < 4.78 is 0.968. The Kier molecular flexibility index (Phi) is 3.81. The number of hydrogen-bond donors (Lipinski definition) is 0. The molecule has 2 aromatic carbocycles. The lowest BCUT2D eigenvalue weighted by Gasteiger charge is -2.09. The second kappa shape index (κ2) is 4.97. The molecule has 0 aromatic heterocycles. The third-order valence-electron chi connectivity index (χ3n) is 2.20. The predicted molar refractivity (Wildman–Crippen MR) is 74.6 cm³/mol. The van der Waals surface area contributed by atoms with Crippen molar-refractivity contribution in [3.05, 3.63) is 55.9 Å². The molecule has 0 N–H and O–H groups in total. The Morgan fingerprint density at radius 2 is 1.44 bits per heavy atom. The largest absolute Gasteiger partial charge is 0.0827 e. The van der Waals surface area contributed by atoms with Gasteiger partial charge >= 0.3 is 0 Å². The zero-order chi connectivity index (χ0) is 11.7. The van der Waals surface area contributed by atoms with Crippen LogP contribution in [0.5, 0.6) is 0 Å². The zero-order valence-electron chi connectivity index (χ0n) is 7.98. The third-order valence-corrected chi connectivity index (χ3v) is 4.18. The second-order valence-corrected chi connectivity index (χ2v) is 5.22. The Morgan fingerprint density at radius 3 is 2.12 bits per heavy atom. The molecule has 0 fully saturated rings. The molecule has 0 amide bonds. The molecule has 2 aromatic rings. The van der Waals surface area contributed by atoms with E-state index in [1.54, 1.807) is 6.07 Å². The van der Waals surface area contributed by atoms with Gasteiger partial charge in [0, 0.05) is 10.0 Å². The Labute approximate surface area is 117 Å². The Balaban J connectivity index is 2.66. The lowest BCUT2D eigenvalue weighted by Crippen LogP contribution is -1.83. The van der Waals surface area contributed by atoms with E-state index in [2.05, 4.69) is 15.9 Å². The molecule has 82 valence electrons. The van der Waals surface area contributed by atoms with Crippen LogP contribution in [0.15, 0.2) is 40.9 Å². The fourth-order valence-electron chi connectivity index (χ4n) is 1.41. The highest BCUT2D eigenvalue weighted by Crippen LogP contribution is 2.40. The van der Waals surface area contributed by atoms with Crippen LogP contribution in [0.4, 0.5) is 0 Å². The molecule has 4 heteroatoms. The minimum absolute atomic E-state index is 0.386. The predicted octanol–water partition coefficient (Wildman–Crippen LogP) is 6.08. The standard InChI is InChI=1S/C12H6BrCl3/c13-9-4-2-1-3-7(9)8-5-6-10(14)12(16)11(8)15/h1-6H. The summed E-state index contributed by atoms with van der Waals surface area (Å²) in [6.45, 7) is 0. The van der Waals surface area contributed by atoms with Crippen molar-refractivity contribution in [1.82, 2.24) is 0 Å². The highest BCUT2D eigenvalue weighted by Gasteiger charge is 2.11. The average molecular weight is 336 g/mol. The number of halogens is 4. The summed E-state index contributed by atoms with van der Waals surface area (Å²) in [7, 11) is 0. The molecule has 2 rings (SSSR count). The molecule has 0 nitrogen and oxygen atoms in total. The number of rotatable bonds is 1. The van der Waals surface area contributed by atoms with E-state index in [-0.39, 0.29) is 0 Å². The summed E-state index contributed by atoms with van der Waals surface area (Å²) in [6, 6.07) is 11.4. The Bertz CT molecular complexity index is 538. The highest BCUT2D eigenvalue weighted by molar-refractivity contribution is 9.10. The van der Waals surface area contributed by atoms with Crippen molar-refractivity contribution >= 4 is 50.7 Å². The Hall–Kier alpha value is -0.210. The van der Waals surface area contributed by atoms with Gasteiger partial charge in [-0.2, -0.15) is 0 Å². The van der Waals surface area contributed by atoms with Crippen LogP contribution in [-0.4, -0.2) is 0 Å². The van der Waals surface area contributed by atoms with E-state index in [1.807, 2.05) is 30.3 Å². The third kappa shape index (κ3) is 2.23. The van der Waals surface area contributed by atoms with Gasteiger partial charge in [-0.25, -0.2) is 0 Å². The molecule has 0 saturated heterocycles. The molecular formula is C12H6BrCl3. The van der Waals surface area contributed by atoms with Crippen LogP contribution in [-0.2, 0) is 0 Å². The first-order chi connectivity index (χ1) is 7.61. The Morgan fingerprint density at radius 1 is 0.750 bits per heavy atom. The smallest absolute Gasteiger partial charge is 0.0784 e. The summed E-state index contributed by atoms with van der Waals surface area (Å²) >= 11 is 21.5. The first-order valence-electron chi connectivity index (χ1n) is 4.49. The first-order valence-corrected chi connectivity index (χ1v) is 6.42. The molecule has 0 atom stereocenters. The van der Waals surface area contributed by atoms with Gasteiger partial charge in [-0.3, -0.25) is 0 Å². The minimum Gasteiger partial charge on any atom is -0.0827 e. The van der Waals surface area contributed by atoms with Crippen LogP contribution in [0.2, 0.25) is 15.1 Å². The average Bonchev–Trinajstić information content (AvgIpc) is 2.28. The van der Waals surface area contributed by atoms with Crippen molar-refractivity contribution in [2.45, 2.75) is 0 Å². The van der Waals surface area contributed by atoms with Gasteiger partial charge < -0.3 is 0 Å². The summed E-state index contributed by atoms with van der Waals surface area (Å²) in [4.78, 5) is 0. The maximum Gasteiger partial charge on any atom is 0.0784 e. The molecule has 0 aliphatic carbocycles. The molecule has 0 unspecified atom stereocenters. The zero-order valence-corrected chi connectivity index (χ0v) is 11.8. The molecule has 0 heterocycles. The van der Waals surface area contributed by atoms with E-state index < -0.39 is 0 Å². The van der Waals surface area contributed by atoms with E-state index in [0.29, 0.717) is 15.1 Å². The van der Waals surface area contributed by atoms with Gasteiger partial charge in [-0.1, -0.05) is 75.0 Å². The summed E-state index contributed by atoms with van der Waals surface area (Å²) in [5.74, 6) is 0. The lowest BCUT2D eigenvalue weighted by molar-refractivity contribution is 1.58. The summed E-state index contributed by atoms with van der Waals surface area (Å²) in [5, 5.41) is 1.32. The van der Waals surface area contributed by atoms with Crippen molar-refractivity contribution < 1.29 is 0 Å². The minimum atomic E-state index is 0.386. The van der Waals surface area contributed by atoms with Gasteiger partial charge in [0.05, 0.1) is 15.1 Å². The van der Waals surface area contributed by atoms with Crippen molar-refractivity contribution in [3.8, 4) is 11.1 Å². The molecule has 16 heavy (non-hydrogen) atoms. The summed E-state index contributed by atoms with van der Waals surface area (Å²) in [6.07, 6.45) is 0. The van der Waals surface area contributed by atoms with E-state index in [1.165, 1.54) is 0 Å². The topological polar surface area (TPSA) is 0 Å². The highest BCUT2D eigenvalue weighted by atomic mass is 79.9. The SMILES string of the molecule is Clc1ccc(-c2ccccc2Br)c(Cl)c1Cl. The second-order valence-electron chi connectivity index (χ2n) is 3.20. The summed E-state index contributed by atoms with van der Waals surface area (Å²) in [5.41, 5.74) is 1.86. The van der Waals surface area contributed by atoms with Crippen LogP contribution >= 0.6 is 50.7 Å². The molecule has 0 aliphatic heterocycles. The van der Waals surface area contributed by atoms with Crippen molar-refractivity contribution in [3.63, 3.8) is 0 Å². The fraction of sp³-hybridized carbons (Fsp3) is 0. The van der Waals surface area contributed by atoms with Gasteiger partial charge in [0.25, 0.3) is 0 Å². The molecule has 0 radical (unpaired) electrons. The van der Waals surface area contributed by atoms with Gasteiger partial charge in [-0.15, -0.1) is 0 Å². The molecule has 0 saturated carbocycles. The number of benzene rings is 2. The van der Waals surface area contributed by atoms with E-state index in [0.717, 1.165) is 15.6 Å². The van der Waals surface area contributed by atoms with Gasteiger partial charge in [0.15, 0.2) is 0 Å². The van der Waals surface area contributed by atoms with Gasteiger partial charge in [0.1, 0.15) is 0 Å². The van der Waals surface area contributed by atoms with Crippen LogP contribution in [0.1, 0.15) is 0 Å². The van der Waals surface area contributed by atoms with Crippen molar-refractivity contribution in [2.24, 2.45) is 0 Å². The maximum atomic E-state index is 6.17. The lowest BCUT2D eigenvalue weighted by atomic mass is 10.1. The van der Waals surface area contributed by atoms with Crippen molar-refractivity contribution in [1.29, 1.82) is 0 Å². The fourth-order valence-corrected chi connectivity index (χ4v) is 2.55. The van der Waals surface area contributed by atoms with Gasteiger partial charge in [-0.05, 0) is 17.7 Å². The van der Waals surface area contributed by atoms with Crippen LogP contribution < -0.4 is 0 Å². The van der Waals surface area contributed by atoms with E-state index in [4.69, 9.17) is 34.8 Å². The normalized spacial score (nSPS) is 10.5. The number of hydrogen-bond acceptors (Lipinski definition) is 0. The first kappa shape index (κ1) is 12.3. The molecular weight excluding hydrogens is 330 g/mol. The molecule has 0 spiro atoms. The van der Waals surface area contributed by atoms with Gasteiger partial charge in [0.2, 0.25) is 0 Å².